The SMILES string of the molecule is Cc1cccc(-c2nnc(SCC(=O)c3ccc(C#N)cc3)n2C(C)C)c1. The van der Waals surface area contributed by atoms with Gasteiger partial charge in [-0.25, -0.2) is 0 Å². The third kappa shape index (κ3) is 4.26. The lowest BCUT2D eigenvalue weighted by molar-refractivity contribution is 0.102. The molecule has 0 spiro atoms. The van der Waals surface area contributed by atoms with E-state index in [-0.39, 0.29) is 17.6 Å². The predicted octanol–water partition coefficient (Wildman–Crippen LogP) is 4.68. The number of Topliss-reactive ketones (excluding diaryl/α,β-unsaturated/α-hetero) is 1. The van der Waals surface area contributed by atoms with E-state index in [9.17, 15) is 4.79 Å². The Morgan fingerprint density at radius 2 is 1.93 bits per heavy atom. The van der Waals surface area contributed by atoms with Crippen LogP contribution in [0.3, 0.4) is 0 Å². The number of thioether (sulfide) groups is 1. The number of nitriles is 1. The van der Waals surface area contributed by atoms with E-state index in [1.54, 1.807) is 24.3 Å². The zero-order valence-corrected chi connectivity index (χ0v) is 16.3. The summed E-state index contributed by atoms with van der Waals surface area (Å²) in [5, 5.41) is 18.3. The lowest BCUT2D eigenvalue weighted by atomic mass is 10.1. The first-order valence-corrected chi connectivity index (χ1v) is 9.66. The van der Waals surface area contributed by atoms with Crippen LogP contribution in [0.25, 0.3) is 11.4 Å². The molecule has 0 aliphatic carbocycles. The van der Waals surface area contributed by atoms with Crippen LogP contribution in [0.15, 0.2) is 53.7 Å². The van der Waals surface area contributed by atoms with Crippen molar-refractivity contribution in [2.75, 3.05) is 5.75 Å². The highest BCUT2D eigenvalue weighted by molar-refractivity contribution is 7.99. The van der Waals surface area contributed by atoms with E-state index in [1.165, 1.54) is 11.8 Å². The Morgan fingerprint density at radius 1 is 1.19 bits per heavy atom. The first kappa shape index (κ1) is 18.9. The molecule has 136 valence electrons. The number of hydrogen-bond donors (Lipinski definition) is 0. The second kappa shape index (κ2) is 8.19. The summed E-state index contributed by atoms with van der Waals surface area (Å²) in [4.78, 5) is 12.5. The number of carbonyl (C=O) groups is 1. The highest BCUT2D eigenvalue weighted by atomic mass is 32.2. The summed E-state index contributed by atoms with van der Waals surface area (Å²) < 4.78 is 2.06. The molecule has 5 nitrogen and oxygen atoms in total. The van der Waals surface area contributed by atoms with Crippen LogP contribution >= 0.6 is 11.8 Å². The van der Waals surface area contributed by atoms with Gasteiger partial charge < -0.3 is 0 Å². The number of aryl methyl sites for hydroxylation is 1. The lowest BCUT2D eigenvalue weighted by Crippen LogP contribution is -2.08. The maximum absolute atomic E-state index is 12.5. The van der Waals surface area contributed by atoms with E-state index in [0.29, 0.717) is 11.1 Å². The van der Waals surface area contributed by atoms with Crippen LogP contribution < -0.4 is 0 Å². The molecule has 1 aromatic heterocycles. The Bertz CT molecular complexity index is 1000. The average molecular weight is 376 g/mol. The third-order valence-corrected chi connectivity index (χ3v) is 5.07. The average Bonchev–Trinajstić information content (AvgIpc) is 3.10. The smallest absolute Gasteiger partial charge is 0.192 e. The van der Waals surface area contributed by atoms with Crippen molar-refractivity contribution in [2.45, 2.75) is 32.0 Å². The minimum atomic E-state index is -0.0000912. The van der Waals surface area contributed by atoms with Crippen molar-refractivity contribution < 1.29 is 4.79 Å². The third-order valence-electron chi connectivity index (χ3n) is 4.13. The van der Waals surface area contributed by atoms with Crippen LogP contribution in [0.4, 0.5) is 0 Å². The molecule has 0 atom stereocenters. The van der Waals surface area contributed by atoms with Gasteiger partial charge in [0.1, 0.15) is 0 Å². The number of hydrogen-bond acceptors (Lipinski definition) is 5. The molecule has 0 aliphatic heterocycles. The summed E-state index contributed by atoms with van der Waals surface area (Å²) in [6, 6.07) is 17.1. The highest BCUT2D eigenvalue weighted by Crippen LogP contribution is 2.28. The van der Waals surface area contributed by atoms with Gasteiger partial charge in [0.25, 0.3) is 0 Å². The minimum absolute atomic E-state index is 0.0000912. The second-order valence-corrected chi connectivity index (χ2v) is 7.48. The molecule has 3 rings (SSSR count). The topological polar surface area (TPSA) is 71.6 Å². The van der Waals surface area contributed by atoms with Crippen molar-refractivity contribution in [3.8, 4) is 17.5 Å². The molecule has 27 heavy (non-hydrogen) atoms. The summed E-state index contributed by atoms with van der Waals surface area (Å²) >= 11 is 1.38. The molecule has 2 aromatic carbocycles. The molecule has 0 fully saturated rings. The number of ketones is 1. The lowest BCUT2D eigenvalue weighted by Gasteiger charge is -2.14. The minimum Gasteiger partial charge on any atom is -0.299 e. The predicted molar refractivity (Wildman–Crippen MR) is 107 cm³/mol. The molecular formula is C21H20N4OS. The van der Waals surface area contributed by atoms with E-state index >= 15 is 0 Å². The van der Waals surface area contributed by atoms with Crippen molar-refractivity contribution >= 4 is 17.5 Å². The van der Waals surface area contributed by atoms with Crippen molar-refractivity contribution in [3.63, 3.8) is 0 Å². The van der Waals surface area contributed by atoms with Gasteiger partial charge in [-0.05, 0) is 39.0 Å². The van der Waals surface area contributed by atoms with Crippen LogP contribution in [0.5, 0.6) is 0 Å². The molecular weight excluding hydrogens is 356 g/mol. The second-order valence-electron chi connectivity index (χ2n) is 6.54. The largest absolute Gasteiger partial charge is 0.299 e. The quantitative estimate of drug-likeness (QED) is 0.461. The van der Waals surface area contributed by atoms with Crippen LogP contribution in [0.1, 0.15) is 41.4 Å². The summed E-state index contributed by atoms with van der Waals surface area (Å²) in [5.41, 5.74) is 3.31. The molecule has 0 unspecified atom stereocenters. The van der Waals surface area contributed by atoms with Crippen molar-refractivity contribution in [1.82, 2.24) is 14.8 Å². The Labute approximate surface area is 163 Å². The maximum Gasteiger partial charge on any atom is 0.192 e. The monoisotopic (exact) mass is 376 g/mol. The number of aromatic nitrogens is 3. The van der Waals surface area contributed by atoms with Gasteiger partial charge in [-0.1, -0.05) is 47.7 Å². The molecule has 3 aromatic rings. The van der Waals surface area contributed by atoms with Gasteiger partial charge in [0.05, 0.1) is 17.4 Å². The zero-order chi connectivity index (χ0) is 19.4. The van der Waals surface area contributed by atoms with E-state index in [2.05, 4.69) is 40.7 Å². The first-order valence-electron chi connectivity index (χ1n) is 8.67. The Hall–Kier alpha value is -2.91. The van der Waals surface area contributed by atoms with Gasteiger partial charge in [0.2, 0.25) is 0 Å². The Kier molecular flexibility index (Phi) is 5.72. The summed E-state index contributed by atoms with van der Waals surface area (Å²) in [5.74, 6) is 1.08. The van der Waals surface area contributed by atoms with Gasteiger partial charge in [-0.15, -0.1) is 10.2 Å². The van der Waals surface area contributed by atoms with Gasteiger partial charge in [0, 0.05) is 17.2 Å². The van der Waals surface area contributed by atoms with E-state index in [0.717, 1.165) is 22.1 Å². The van der Waals surface area contributed by atoms with E-state index in [4.69, 9.17) is 5.26 Å². The normalized spacial score (nSPS) is 10.8. The number of benzene rings is 2. The summed E-state index contributed by atoms with van der Waals surface area (Å²) in [6.07, 6.45) is 0. The fourth-order valence-electron chi connectivity index (χ4n) is 2.77. The summed E-state index contributed by atoms with van der Waals surface area (Å²) in [6.45, 7) is 6.20. The van der Waals surface area contributed by atoms with Crippen LogP contribution in [-0.4, -0.2) is 26.3 Å². The van der Waals surface area contributed by atoms with Crippen molar-refractivity contribution in [1.29, 1.82) is 5.26 Å². The zero-order valence-electron chi connectivity index (χ0n) is 15.5. The van der Waals surface area contributed by atoms with E-state index in [1.807, 2.05) is 25.1 Å². The first-order chi connectivity index (χ1) is 13.0. The maximum atomic E-state index is 12.5. The molecule has 0 aliphatic rings. The Balaban J connectivity index is 1.81. The fourth-order valence-corrected chi connectivity index (χ4v) is 3.73. The highest BCUT2D eigenvalue weighted by Gasteiger charge is 2.18. The molecule has 0 amide bonds. The van der Waals surface area contributed by atoms with Gasteiger partial charge in [0.15, 0.2) is 16.8 Å². The van der Waals surface area contributed by atoms with Gasteiger partial charge in [-0.3, -0.25) is 9.36 Å². The van der Waals surface area contributed by atoms with Gasteiger partial charge in [-0.2, -0.15) is 5.26 Å². The van der Waals surface area contributed by atoms with Crippen LogP contribution in [0, 0.1) is 18.3 Å². The molecule has 0 bridgehead atoms. The standard InChI is InChI=1S/C21H20N4OS/c1-14(2)25-20(18-6-4-5-15(3)11-18)23-24-21(25)27-13-19(26)17-9-7-16(12-22)8-10-17/h4-11,14H,13H2,1-3H3. The van der Waals surface area contributed by atoms with Crippen LogP contribution in [0.2, 0.25) is 0 Å². The number of nitrogens with zero attached hydrogens (tertiary/aromatic N) is 4. The summed E-state index contributed by atoms with van der Waals surface area (Å²) in [7, 11) is 0. The van der Waals surface area contributed by atoms with Crippen molar-refractivity contribution in [2.24, 2.45) is 0 Å². The molecule has 6 heteroatoms. The fraction of sp³-hybridized carbons (Fsp3) is 0.238. The molecule has 0 radical (unpaired) electrons. The molecule has 0 saturated carbocycles. The van der Waals surface area contributed by atoms with Gasteiger partial charge >= 0.3 is 0 Å². The van der Waals surface area contributed by atoms with Crippen molar-refractivity contribution in [3.05, 3.63) is 65.2 Å². The molecule has 1 heterocycles. The number of carbonyl (C=O) groups excluding carboxylic acids is 1. The molecule has 0 saturated heterocycles. The molecule has 0 N–H and O–H groups in total. The van der Waals surface area contributed by atoms with Crippen LogP contribution in [-0.2, 0) is 0 Å². The Morgan fingerprint density at radius 3 is 2.56 bits per heavy atom. The van der Waals surface area contributed by atoms with E-state index < -0.39 is 0 Å². The number of rotatable bonds is 6.